The lowest BCUT2D eigenvalue weighted by atomic mass is 10.5. The maximum atomic E-state index is 5.44. The number of nitrogens with two attached hydrogens (primary N) is 1. The van der Waals surface area contributed by atoms with Crippen molar-refractivity contribution < 1.29 is 4.52 Å². The van der Waals surface area contributed by atoms with Gasteiger partial charge in [-0.05, 0) is 15.9 Å². The van der Waals surface area contributed by atoms with Crippen LogP contribution in [0.25, 0.3) is 0 Å². The summed E-state index contributed by atoms with van der Waals surface area (Å²) in [6.45, 7) is 0.408. The monoisotopic (exact) mass is 270 g/mol. The molecule has 0 fully saturated rings. The van der Waals surface area contributed by atoms with Gasteiger partial charge in [-0.3, -0.25) is 0 Å². The van der Waals surface area contributed by atoms with E-state index in [-0.39, 0.29) is 5.95 Å². The predicted octanol–water partition coefficient (Wildman–Crippen LogP) is 0.816. The summed E-state index contributed by atoms with van der Waals surface area (Å²) in [5.41, 5.74) is 5.44. The number of rotatable bonds is 3. The lowest BCUT2D eigenvalue weighted by Gasteiger charge is -2.04. The molecule has 0 bridgehead atoms. The number of hydrogen-bond donors (Lipinski definition) is 2. The van der Waals surface area contributed by atoms with Crippen molar-refractivity contribution in [2.24, 2.45) is 0 Å². The normalized spacial score (nSPS) is 10.2. The summed E-state index contributed by atoms with van der Waals surface area (Å²) in [5.74, 6) is 1.33. The van der Waals surface area contributed by atoms with Gasteiger partial charge < -0.3 is 15.6 Å². The molecule has 0 amide bonds. The molecule has 15 heavy (non-hydrogen) atoms. The molecule has 0 saturated carbocycles. The average molecular weight is 271 g/mol. The highest BCUT2D eigenvalue weighted by Crippen LogP contribution is 2.19. The fraction of sp³-hybridized carbons (Fsp3) is 0.143. The Bertz CT molecular complexity index is 445. The maximum absolute atomic E-state index is 5.44. The number of nitrogen functional groups attached to an aromatic ring is 1. The topological polar surface area (TPSA) is 103 Å². The lowest BCUT2D eigenvalue weighted by molar-refractivity contribution is 0.411. The van der Waals surface area contributed by atoms with E-state index < -0.39 is 0 Å². The predicted molar refractivity (Wildman–Crippen MR) is 55.8 cm³/mol. The first kappa shape index (κ1) is 9.84. The number of nitrogens with one attached hydrogen (secondary N) is 1. The number of anilines is 2. The lowest BCUT2D eigenvalue weighted by Crippen LogP contribution is -2.05. The van der Waals surface area contributed by atoms with Crippen LogP contribution in [0.2, 0.25) is 0 Å². The molecule has 0 spiro atoms. The molecule has 7 nitrogen and oxygen atoms in total. The Labute approximate surface area is 93.2 Å². The fourth-order valence-electron chi connectivity index (χ4n) is 0.938. The third kappa shape index (κ3) is 2.40. The van der Waals surface area contributed by atoms with Crippen molar-refractivity contribution >= 4 is 27.7 Å². The molecule has 0 aliphatic heterocycles. The van der Waals surface area contributed by atoms with Crippen molar-refractivity contribution in [3.05, 3.63) is 22.9 Å². The number of halogens is 1. The zero-order chi connectivity index (χ0) is 10.7. The summed E-state index contributed by atoms with van der Waals surface area (Å²) < 4.78 is 5.31. The Morgan fingerprint density at radius 3 is 3.07 bits per heavy atom. The van der Waals surface area contributed by atoms with Gasteiger partial charge in [0.05, 0.1) is 11.0 Å². The molecule has 0 atom stereocenters. The largest absolute Gasteiger partial charge is 0.368 e. The van der Waals surface area contributed by atoms with Gasteiger partial charge in [0.15, 0.2) is 5.82 Å². The molecule has 0 radical (unpaired) electrons. The van der Waals surface area contributed by atoms with Gasteiger partial charge in [-0.1, -0.05) is 5.16 Å². The molecule has 3 N–H and O–H groups in total. The van der Waals surface area contributed by atoms with Crippen molar-refractivity contribution in [2.75, 3.05) is 11.1 Å². The van der Waals surface area contributed by atoms with E-state index in [1.165, 1.54) is 6.39 Å². The Morgan fingerprint density at radius 2 is 2.33 bits per heavy atom. The molecular weight excluding hydrogens is 264 g/mol. The first-order valence-corrected chi connectivity index (χ1v) is 4.82. The van der Waals surface area contributed by atoms with Crippen molar-refractivity contribution in [3.63, 3.8) is 0 Å². The minimum absolute atomic E-state index is 0.203. The average Bonchev–Trinajstić information content (AvgIpc) is 2.72. The van der Waals surface area contributed by atoms with Crippen LogP contribution < -0.4 is 11.1 Å². The van der Waals surface area contributed by atoms with Crippen LogP contribution in [0.4, 0.5) is 11.8 Å². The van der Waals surface area contributed by atoms with Crippen LogP contribution >= 0.6 is 15.9 Å². The molecule has 0 aliphatic rings. The zero-order valence-corrected chi connectivity index (χ0v) is 9.10. The molecule has 0 saturated heterocycles. The summed E-state index contributed by atoms with van der Waals surface area (Å²) in [6.07, 6.45) is 2.83. The Hall–Kier alpha value is -1.70. The smallest absolute Gasteiger partial charge is 0.221 e. The third-order valence-electron chi connectivity index (χ3n) is 1.58. The Morgan fingerprint density at radius 1 is 1.47 bits per heavy atom. The van der Waals surface area contributed by atoms with E-state index in [0.717, 1.165) is 4.47 Å². The molecule has 2 rings (SSSR count). The second-order valence-electron chi connectivity index (χ2n) is 2.63. The third-order valence-corrected chi connectivity index (χ3v) is 2.16. The van der Waals surface area contributed by atoms with E-state index in [1.807, 2.05) is 0 Å². The van der Waals surface area contributed by atoms with Crippen molar-refractivity contribution in [3.8, 4) is 0 Å². The molecule has 8 heteroatoms. The molecule has 0 aromatic carbocycles. The van der Waals surface area contributed by atoms with Gasteiger partial charge in [-0.2, -0.15) is 9.97 Å². The summed E-state index contributed by atoms with van der Waals surface area (Å²) in [4.78, 5) is 11.7. The highest BCUT2D eigenvalue weighted by atomic mass is 79.9. The number of nitrogens with zero attached hydrogens (tertiary/aromatic N) is 4. The highest BCUT2D eigenvalue weighted by molar-refractivity contribution is 9.10. The molecule has 0 aliphatic carbocycles. The number of hydrogen-bond acceptors (Lipinski definition) is 7. The molecule has 2 heterocycles. The van der Waals surface area contributed by atoms with Crippen molar-refractivity contribution in [2.45, 2.75) is 6.54 Å². The van der Waals surface area contributed by atoms with Crippen molar-refractivity contribution in [1.82, 2.24) is 20.1 Å². The molecule has 2 aromatic heterocycles. The Kier molecular flexibility index (Phi) is 2.77. The fourth-order valence-corrected chi connectivity index (χ4v) is 1.27. The summed E-state index contributed by atoms with van der Waals surface area (Å²) in [7, 11) is 0. The molecular formula is C7H7BrN6O. The minimum Gasteiger partial charge on any atom is -0.368 e. The second-order valence-corrected chi connectivity index (χ2v) is 3.48. The van der Waals surface area contributed by atoms with Crippen LogP contribution in [0.1, 0.15) is 5.82 Å². The summed E-state index contributed by atoms with van der Waals surface area (Å²) in [5, 5.41) is 6.64. The van der Waals surface area contributed by atoms with Gasteiger partial charge >= 0.3 is 0 Å². The minimum atomic E-state index is 0.203. The number of aromatic nitrogens is 4. The Balaban J connectivity index is 2.07. The molecule has 78 valence electrons. The van der Waals surface area contributed by atoms with Crippen LogP contribution in [0.3, 0.4) is 0 Å². The summed E-state index contributed by atoms with van der Waals surface area (Å²) in [6, 6.07) is 0. The quantitative estimate of drug-likeness (QED) is 0.851. The van der Waals surface area contributed by atoms with Crippen LogP contribution in [-0.4, -0.2) is 20.1 Å². The SMILES string of the molecule is Nc1ncc(Br)c(NCc2ncon2)n1. The van der Waals surface area contributed by atoms with E-state index in [9.17, 15) is 0 Å². The van der Waals surface area contributed by atoms with Crippen LogP contribution in [0, 0.1) is 0 Å². The molecule has 0 unspecified atom stereocenters. The second kappa shape index (κ2) is 4.22. The van der Waals surface area contributed by atoms with E-state index in [0.29, 0.717) is 18.2 Å². The van der Waals surface area contributed by atoms with E-state index in [4.69, 9.17) is 5.73 Å². The van der Waals surface area contributed by atoms with Crippen molar-refractivity contribution in [1.29, 1.82) is 0 Å². The maximum Gasteiger partial charge on any atom is 0.221 e. The van der Waals surface area contributed by atoms with Gasteiger partial charge in [0.1, 0.15) is 5.82 Å². The standard InChI is InChI=1S/C7H7BrN6O/c8-4-1-11-7(9)13-6(4)10-2-5-12-3-15-14-5/h1,3H,2H2,(H3,9,10,11,13). The van der Waals surface area contributed by atoms with E-state index in [1.54, 1.807) is 6.20 Å². The first-order valence-electron chi connectivity index (χ1n) is 4.03. The van der Waals surface area contributed by atoms with Gasteiger partial charge in [-0.15, -0.1) is 0 Å². The molecule has 2 aromatic rings. The van der Waals surface area contributed by atoms with Crippen LogP contribution in [-0.2, 0) is 6.54 Å². The van der Waals surface area contributed by atoms with Gasteiger partial charge in [0, 0.05) is 6.20 Å². The van der Waals surface area contributed by atoms with Gasteiger partial charge in [0.25, 0.3) is 0 Å². The van der Waals surface area contributed by atoms with E-state index >= 15 is 0 Å². The van der Waals surface area contributed by atoms with E-state index in [2.05, 4.69) is 45.9 Å². The summed E-state index contributed by atoms with van der Waals surface area (Å²) >= 11 is 3.29. The van der Waals surface area contributed by atoms with Crippen LogP contribution in [0.15, 0.2) is 21.6 Å². The first-order chi connectivity index (χ1) is 7.25. The van der Waals surface area contributed by atoms with Gasteiger partial charge in [-0.25, -0.2) is 4.98 Å². The zero-order valence-electron chi connectivity index (χ0n) is 7.51. The van der Waals surface area contributed by atoms with Gasteiger partial charge in [0.2, 0.25) is 12.3 Å². The highest BCUT2D eigenvalue weighted by Gasteiger charge is 2.04. The van der Waals surface area contributed by atoms with Crippen LogP contribution in [0.5, 0.6) is 0 Å².